The van der Waals surface area contributed by atoms with Crippen molar-refractivity contribution in [3.05, 3.63) is 60.4 Å². The van der Waals surface area contributed by atoms with Crippen molar-refractivity contribution < 1.29 is 17.9 Å². The van der Waals surface area contributed by atoms with Crippen LogP contribution in [0.2, 0.25) is 0 Å². The Labute approximate surface area is 188 Å². The van der Waals surface area contributed by atoms with E-state index in [4.69, 9.17) is 10.00 Å². The highest BCUT2D eigenvalue weighted by Gasteiger charge is 2.33. The number of rotatable bonds is 5. The molecule has 0 saturated carbocycles. The Morgan fingerprint density at radius 2 is 1.79 bits per heavy atom. The second-order valence-electron chi connectivity index (χ2n) is 7.42. The van der Waals surface area contributed by atoms with Crippen molar-refractivity contribution in [3.63, 3.8) is 0 Å². The molecule has 1 aliphatic heterocycles. The predicted octanol–water partition coefficient (Wildman–Crippen LogP) is 3.97. The van der Waals surface area contributed by atoms with Gasteiger partial charge in [0.1, 0.15) is 23.2 Å². The molecule has 0 amide bonds. The fourth-order valence-corrected chi connectivity index (χ4v) is 3.84. The van der Waals surface area contributed by atoms with Gasteiger partial charge in [0, 0.05) is 31.4 Å². The molecule has 0 atom stereocenters. The fraction of sp³-hybridized carbons (Fsp3) is 0.318. The van der Waals surface area contributed by atoms with E-state index in [0.29, 0.717) is 54.6 Å². The maximum Gasteiger partial charge on any atom is 0.433 e. The van der Waals surface area contributed by atoms with Crippen LogP contribution in [-0.2, 0) is 6.18 Å². The van der Waals surface area contributed by atoms with E-state index in [-0.39, 0.29) is 6.04 Å². The smallest absolute Gasteiger partial charge is 0.433 e. The van der Waals surface area contributed by atoms with E-state index in [1.165, 1.54) is 31.8 Å². The molecule has 4 heterocycles. The minimum atomic E-state index is -4.51. The van der Waals surface area contributed by atoms with Gasteiger partial charge in [-0.25, -0.2) is 15.0 Å². The minimum Gasteiger partial charge on any atom is -0.494 e. The van der Waals surface area contributed by atoms with Gasteiger partial charge in [-0.05, 0) is 25.0 Å². The van der Waals surface area contributed by atoms with Crippen LogP contribution in [0, 0.1) is 11.3 Å². The summed E-state index contributed by atoms with van der Waals surface area (Å²) in [6, 6.07) is 6.05. The second-order valence-corrected chi connectivity index (χ2v) is 7.42. The molecule has 0 radical (unpaired) electrons. The predicted molar refractivity (Wildman–Crippen MR) is 114 cm³/mol. The summed E-state index contributed by atoms with van der Waals surface area (Å²) >= 11 is 0. The summed E-state index contributed by atoms with van der Waals surface area (Å²) in [7, 11) is 1.53. The van der Waals surface area contributed by atoms with Crippen LogP contribution in [0.25, 0.3) is 0 Å². The van der Waals surface area contributed by atoms with Gasteiger partial charge >= 0.3 is 6.18 Å². The molecule has 1 fully saturated rings. The summed E-state index contributed by atoms with van der Waals surface area (Å²) in [5, 5.41) is 8.92. The number of alkyl halides is 3. The van der Waals surface area contributed by atoms with Gasteiger partial charge < -0.3 is 14.5 Å². The van der Waals surface area contributed by atoms with E-state index in [1.54, 1.807) is 18.5 Å². The third-order valence-corrected chi connectivity index (χ3v) is 5.44. The molecule has 1 saturated heterocycles. The molecule has 3 aromatic heterocycles. The lowest BCUT2D eigenvalue weighted by Gasteiger charge is -2.40. The van der Waals surface area contributed by atoms with Crippen LogP contribution in [0.3, 0.4) is 0 Å². The molecular weight excluding hydrogens is 435 g/mol. The molecule has 33 heavy (non-hydrogen) atoms. The number of pyridine rings is 2. The van der Waals surface area contributed by atoms with Gasteiger partial charge in [0.2, 0.25) is 5.95 Å². The average Bonchev–Trinajstić information content (AvgIpc) is 2.85. The molecule has 0 spiro atoms. The number of nitrogens with zero attached hydrogens (tertiary/aromatic N) is 7. The molecular formula is C22H20F3N7O. The summed E-state index contributed by atoms with van der Waals surface area (Å²) < 4.78 is 44.6. The Morgan fingerprint density at radius 3 is 2.36 bits per heavy atom. The zero-order chi connectivity index (χ0) is 23.4. The maximum absolute atomic E-state index is 13.0. The first kappa shape index (κ1) is 22.3. The van der Waals surface area contributed by atoms with Crippen molar-refractivity contribution in [2.45, 2.75) is 25.1 Å². The Kier molecular flexibility index (Phi) is 6.26. The summed E-state index contributed by atoms with van der Waals surface area (Å²) in [5.74, 6) is 1.09. The fourth-order valence-electron chi connectivity index (χ4n) is 3.84. The Balaban J connectivity index is 1.61. The zero-order valence-corrected chi connectivity index (χ0v) is 17.7. The highest BCUT2D eigenvalue weighted by Crippen LogP contribution is 2.38. The average molecular weight is 455 g/mol. The number of nitriles is 1. The van der Waals surface area contributed by atoms with Gasteiger partial charge in [0.25, 0.3) is 0 Å². The first-order chi connectivity index (χ1) is 15.9. The summed E-state index contributed by atoms with van der Waals surface area (Å²) in [6.45, 7) is 1.26. The third kappa shape index (κ3) is 4.79. The molecule has 1 aliphatic rings. The van der Waals surface area contributed by atoms with E-state index >= 15 is 0 Å². The van der Waals surface area contributed by atoms with Crippen LogP contribution in [0.15, 0.2) is 49.2 Å². The monoisotopic (exact) mass is 455 g/mol. The van der Waals surface area contributed by atoms with Crippen LogP contribution in [-0.4, -0.2) is 46.2 Å². The van der Waals surface area contributed by atoms with Gasteiger partial charge in [-0.15, -0.1) is 0 Å². The van der Waals surface area contributed by atoms with Gasteiger partial charge in [-0.2, -0.15) is 18.4 Å². The summed E-state index contributed by atoms with van der Waals surface area (Å²) in [5.41, 5.74) is 0.604. The molecule has 0 N–H and O–H groups in total. The molecule has 0 bridgehead atoms. The van der Waals surface area contributed by atoms with Gasteiger partial charge in [-0.1, -0.05) is 0 Å². The first-order valence-electron chi connectivity index (χ1n) is 10.2. The normalized spacial score (nSPS) is 14.6. The van der Waals surface area contributed by atoms with Gasteiger partial charge in [-0.3, -0.25) is 4.98 Å². The minimum absolute atomic E-state index is 0.0451. The lowest BCUT2D eigenvalue weighted by atomic mass is 10.0. The molecule has 0 unspecified atom stereocenters. The molecule has 170 valence electrons. The van der Waals surface area contributed by atoms with E-state index in [2.05, 4.69) is 19.9 Å². The lowest BCUT2D eigenvalue weighted by Crippen LogP contribution is -2.44. The highest BCUT2D eigenvalue weighted by atomic mass is 19.4. The van der Waals surface area contributed by atoms with Gasteiger partial charge in [0.15, 0.2) is 0 Å². The molecule has 0 aromatic carbocycles. The van der Waals surface area contributed by atoms with E-state index in [0.717, 1.165) is 6.07 Å². The van der Waals surface area contributed by atoms with Crippen LogP contribution in [0.1, 0.15) is 24.1 Å². The standard InChI is InChI=1S/C22H20F3N7O/c1-33-19-4-7-27-14-18(19)32(17-2-3-20(28-13-17)22(23,24)25)16-5-8-31(9-6-16)21-29-11-15(10-26)12-30-21/h2-4,7,11-14,16H,5-6,8-9H2,1H3. The highest BCUT2D eigenvalue weighted by molar-refractivity contribution is 5.69. The van der Waals surface area contributed by atoms with Crippen molar-refractivity contribution in [1.29, 1.82) is 5.26 Å². The van der Waals surface area contributed by atoms with Crippen LogP contribution >= 0.6 is 0 Å². The van der Waals surface area contributed by atoms with Crippen molar-refractivity contribution in [1.82, 2.24) is 19.9 Å². The van der Waals surface area contributed by atoms with Crippen molar-refractivity contribution in [2.24, 2.45) is 0 Å². The molecule has 3 aromatic rings. The quantitative estimate of drug-likeness (QED) is 0.571. The van der Waals surface area contributed by atoms with E-state index in [1.807, 2.05) is 15.9 Å². The van der Waals surface area contributed by atoms with E-state index < -0.39 is 11.9 Å². The number of methoxy groups -OCH3 is 1. The number of ether oxygens (including phenoxy) is 1. The largest absolute Gasteiger partial charge is 0.494 e. The third-order valence-electron chi connectivity index (χ3n) is 5.44. The first-order valence-corrected chi connectivity index (χ1v) is 10.2. The number of anilines is 3. The lowest BCUT2D eigenvalue weighted by molar-refractivity contribution is -0.141. The Bertz CT molecular complexity index is 1120. The SMILES string of the molecule is COc1ccncc1N(c1ccc(C(F)(F)F)nc1)C1CCN(c2ncc(C#N)cn2)CC1. The molecule has 0 aliphatic carbocycles. The van der Waals surface area contributed by atoms with Crippen LogP contribution < -0.4 is 14.5 Å². The zero-order valence-electron chi connectivity index (χ0n) is 17.7. The number of halogens is 3. The van der Waals surface area contributed by atoms with Crippen molar-refractivity contribution >= 4 is 17.3 Å². The topological polar surface area (TPSA) is 91.1 Å². The van der Waals surface area contributed by atoms with Gasteiger partial charge in [0.05, 0.1) is 43.1 Å². The molecule has 11 heteroatoms. The van der Waals surface area contributed by atoms with Crippen molar-refractivity contribution in [2.75, 3.05) is 30.0 Å². The van der Waals surface area contributed by atoms with E-state index in [9.17, 15) is 13.2 Å². The molecule has 8 nitrogen and oxygen atoms in total. The van der Waals surface area contributed by atoms with Crippen LogP contribution in [0.5, 0.6) is 5.75 Å². The Morgan fingerprint density at radius 1 is 1.06 bits per heavy atom. The number of hydrogen-bond acceptors (Lipinski definition) is 8. The Hall–Kier alpha value is -3.94. The van der Waals surface area contributed by atoms with Crippen LogP contribution in [0.4, 0.5) is 30.5 Å². The maximum atomic E-state index is 13.0. The van der Waals surface area contributed by atoms with Crippen molar-refractivity contribution in [3.8, 4) is 11.8 Å². The number of aromatic nitrogens is 4. The number of piperidine rings is 1. The summed E-state index contributed by atoms with van der Waals surface area (Å²) in [6.07, 6.45) is 4.27. The second kappa shape index (κ2) is 9.28. The number of hydrogen-bond donors (Lipinski definition) is 0. The molecule has 4 rings (SSSR count). The summed E-state index contributed by atoms with van der Waals surface area (Å²) in [4.78, 5) is 20.3.